The average molecular weight is 686 g/mol. The van der Waals surface area contributed by atoms with Crippen LogP contribution in [0.3, 0.4) is 0 Å². The van der Waals surface area contributed by atoms with E-state index in [1.165, 1.54) is 9.80 Å². The van der Waals surface area contributed by atoms with Gasteiger partial charge in [0.1, 0.15) is 11.2 Å². The highest BCUT2D eigenvalue weighted by Gasteiger charge is 2.40. The number of carbonyl (C=O) groups excluding carboxylic acids is 4. The summed E-state index contributed by atoms with van der Waals surface area (Å²) in [4.78, 5) is 61.0. The molecule has 3 unspecified atom stereocenters. The Hall–Kier alpha value is -5.56. The molecule has 258 valence electrons. The van der Waals surface area contributed by atoms with Crippen LogP contribution in [-0.2, 0) is 4.74 Å². The number of carbonyl (C=O) groups is 4. The number of imide groups is 2. The van der Waals surface area contributed by atoms with Crippen LogP contribution in [0.25, 0.3) is 43.5 Å². The Morgan fingerprint density at radius 2 is 1.22 bits per heavy atom. The molecule has 3 atom stereocenters. The molecule has 6 aromatic rings. The van der Waals surface area contributed by atoms with E-state index in [-0.39, 0.29) is 0 Å². The first-order chi connectivity index (χ1) is 24.8. The largest absolute Gasteiger partial charge is 0.464 e. The highest BCUT2D eigenvalue weighted by molar-refractivity contribution is 6.31. The van der Waals surface area contributed by atoms with E-state index in [0.29, 0.717) is 76.9 Å². The Labute approximate surface area is 291 Å². The fourth-order valence-electron chi connectivity index (χ4n) is 8.10. The minimum Gasteiger partial charge on any atom is -0.464 e. The first kappa shape index (κ1) is 31.4. The van der Waals surface area contributed by atoms with E-state index in [4.69, 9.17) is 13.6 Å². The van der Waals surface area contributed by atoms with Gasteiger partial charge in [-0.3, -0.25) is 39.6 Å². The first-order valence-corrected chi connectivity index (χ1v) is 17.3. The Kier molecular flexibility index (Phi) is 7.25. The number of rotatable bonds is 8. The van der Waals surface area contributed by atoms with E-state index < -0.39 is 42.1 Å². The van der Waals surface area contributed by atoms with Crippen LogP contribution in [0.4, 0.5) is 5.69 Å². The zero-order valence-corrected chi connectivity index (χ0v) is 28.3. The van der Waals surface area contributed by atoms with Gasteiger partial charge in [0.2, 0.25) is 0 Å². The SMILES string of the molecule is CCC(NC(C)N1C(=O)c2cccc3c2c(cc2occc23)C1=O)NC(C)N1C(=O)c2ccc(N3CCOCC3)c3c2c(cc2occc23)C1=O. The topological polar surface area (TPSA) is 138 Å². The van der Waals surface area contributed by atoms with Crippen molar-refractivity contribution in [2.75, 3.05) is 31.2 Å². The lowest BCUT2D eigenvalue weighted by Crippen LogP contribution is -2.61. The molecule has 4 aromatic carbocycles. The number of hydrogen-bond acceptors (Lipinski definition) is 10. The minimum absolute atomic E-state index is 0.392. The molecule has 3 aliphatic heterocycles. The lowest BCUT2D eigenvalue weighted by atomic mass is 9.90. The molecule has 9 rings (SSSR count). The summed E-state index contributed by atoms with van der Waals surface area (Å²) in [7, 11) is 0. The zero-order chi connectivity index (χ0) is 35.1. The predicted molar refractivity (Wildman–Crippen MR) is 191 cm³/mol. The van der Waals surface area contributed by atoms with Gasteiger partial charge in [-0.2, -0.15) is 0 Å². The van der Waals surface area contributed by atoms with Crippen LogP contribution in [0.5, 0.6) is 0 Å². The molecular formula is C39H35N5O7. The summed E-state index contributed by atoms with van der Waals surface area (Å²) in [6.07, 6.45) is 1.71. The van der Waals surface area contributed by atoms with Crippen LogP contribution in [0.1, 0.15) is 68.6 Å². The molecule has 12 nitrogen and oxygen atoms in total. The fourth-order valence-corrected chi connectivity index (χ4v) is 8.10. The van der Waals surface area contributed by atoms with E-state index in [1.54, 1.807) is 50.6 Å². The van der Waals surface area contributed by atoms with Crippen molar-refractivity contribution in [2.24, 2.45) is 0 Å². The third kappa shape index (κ3) is 4.63. The monoisotopic (exact) mass is 685 g/mol. The van der Waals surface area contributed by atoms with E-state index in [1.807, 2.05) is 37.3 Å². The number of ether oxygens (including phenoxy) is 1. The van der Waals surface area contributed by atoms with E-state index in [9.17, 15) is 19.2 Å². The molecule has 2 N–H and O–H groups in total. The van der Waals surface area contributed by atoms with E-state index in [0.717, 1.165) is 27.2 Å². The summed E-state index contributed by atoms with van der Waals surface area (Å²) in [5.41, 5.74) is 3.73. The van der Waals surface area contributed by atoms with Gasteiger partial charge in [-0.1, -0.05) is 19.1 Å². The summed E-state index contributed by atoms with van der Waals surface area (Å²) in [5, 5.41) is 11.3. The van der Waals surface area contributed by atoms with Crippen LogP contribution in [0.15, 0.2) is 76.0 Å². The number of benzene rings is 4. The number of hydrogen-bond donors (Lipinski definition) is 2. The van der Waals surface area contributed by atoms with Crippen molar-refractivity contribution in [2.45, 2.75) is 45.7 Å². The third-order valence-corrected chi connectivity index (χ3v) is 10.5. The molecule has 0 radical (unpaired) electrons. The molecule has 1 fully saturated rings. The summed E-state index contributed by atoms with van der Waals surface area (Å²) in [6, 6.07) is 16.3. The maximum Gasteiger partial charge on any atom is 0.262 e. The van der Waals surface area contributed by atoms with Crippen LogP contribution in [0, 0.1) is 0 Å². The smallest absolute Gasteiger partial charge is 0.262 e. The molecule has 51 heavy (non-hydrogen) atoms. The molecule has 3 aliphatic rings. The first-order valence-electron chi connectivity index (χ1n) is 17.3. The Balaban J connectivity index is 0.998. The molecule has 4 amide bonds. The predicted octanol–water partition coefficient (Wildman–Crippen LogP) is 5.82. The lowest BCUT2D eigenvalue weighted by Gasteiger charge is -2.38. The number of nitrogens with one attached hydrogen (secondary N) is 2. The highest BCUT2D eigenvalue weighted by Crippen LogP contribution is 2.42. The van der Waals surface area contributed by atoms with Crippen molar-refractivity contribution < 1.29 is 32.7 Å². The van der Waals surface area contributed by atoms with Gasteiger partial charge in [-0.15, -0.1) is 0 Å². The molecule has 0 bridgehead atoms. The summed E-state index contributed by atoms with van der Waals surface area (Å²) >= 11 is 0. The third-order valence-electron chi connectivity index (χ3n) is 10.5. The number of anilines is 1. The number of morpholine rings is 1. The average Bonchev–Trinajstić information content (AvgIpc) is 3.83. The van der Waals surface area contributed by atoms with Gasteiger partial charge in [0.25, 0.3) is 23.6 Å². The van der Waals surface area contributed by atoms with Crippen LogP contribution in [-0.4, -0.2) is 78.2 Å². The van der Waals surface area contributed by atoms with Crippen LogP contribution >= 0.6 is 0 Å². The number of fused-ring (bicyclic) bond motifs is 4. The summed E-state index contributed by atoms with van der Waals surface area (Å²) in [5.74, 6) is -1.69. The van der Waals surface area contributed by atoms with Crippen molar-refractivity contribution in [1.82, 2.24) is 20.4 Å². The number of furan rings is 2. The van der Waals surface area contributed by atoms with Gasteiger partial charge in [0.15, 0.2) is 0 Å². The quantitative estimate of drug-likeness (QED) is 0.149. The van der Waals surface area contributed by atoms with E-state index in [2.05, 4.69) is 15.5 Å². The van der Waals surface area contributed by atoms with Crippen LogP contribution < -0.4 is 15.5 Å². The summed E-state index contributed by atoms with van der Waals surface area (Å²) in [6.45, 7) is 8.01. The van der Waals surface area contributed by atoms with Crippen molar-refractivity contribution >= 4 is 72.8 Å². The van der Waals surface area contributed by atoms with Crippen molar-refractivity contribution in [1.29, 1.82) is 0 Å². The molecule has 2 aromatic heterocycles. The second kappa shape index (κ2) is 11.8. The normalized spacial score (nSPS) is 18.1. The Bertz CT molecular complexity index is 2460. The molecule has 0 saturated carbocycles. The van der Waals surface area contributed by atoms with Crippen molar-refractivity contribution in [3.63, 3.8) is 0 Å². The Morgan fingerprint density at radius 1 is 0.647 bits per heavy atom. The maximum atomic E-state index is 14.3. The molecule has 0 spiro atoms. The molecule has 5 heterocycles. The Morgan fingerprint density at radius 3 is 1.86 bits per heavy atom. The van der Waals surface area contributed by atoms with Gasteiger partial charge >= 0.3 is 0 Å². The highest BCUT2D eigenvalue weighted by atomic mass is 16.5. The number of nitrogens with zero attached hydrogens (tertiary/aromatic N) is 3. The zero-order valence-electron chi connectivity index (χ0n) is 28.3. The molecular weight excluding hydrogens is 650 g/mol. The lowest BCUT2D eigenvalue weighted by molar-refractivity contribution is 0.0472. The van der Waals surface area contributed by atoms with E-state index >= 15 is 0 Å². The second-order valence-corrected chi connectivity index (χ2v) is 13.3. The molecule has 0 aliphatic carbocycles. The van der Waals surface area contributed by atoms with Crippen LogP contribution in [0.2, 0.25) is 0 Å². The summed E-state index contributed by atoms with van der Waals surface area (Å²) < 4.78 is 17.0. The van der Waals surface area contributed by atoms with Gasteiger partial charge in [-0.25, -0.2) is 0 Å². The van der Waals surface area contributed by atoms with Gasteiger partial charge in [0, 0.05) is 56.8 Å². The van der Waals surface area contributed by atoms with Gasteiger partial charge in [0.05, 0.1) is 55.4 Å². The fraction of sp³-hybridized carbons (Fsp3) is 0.282. The second-order valence-electron chi connectivity index (χ2n) is 13.3. The van der Waals surface area contributed by atoms with Crippen molar-refractivity contribution in [3.8, 4) is 0 Å². The number of amides is 4. The minimum atomic E-state index is -0.751. The van der Waals surface area contributed by atoms with Crippen molar-refractivity contribution in [3.05, 3.63) is 89.4 Å². The van der Waals surface area contributed by atoms with Gasteiger partial charge < -0.3 is 18.5 Å². The maximum absolute atomic E-state index is 14.3. The molecule has 1 saturated heterocycles. The van der Waals surface area contributed by atoms with Gasteiger partial charge in [-0.05, 0) is 68.1 Å². The standard InChI is InChI=1S/C39H35N5O7/c1-4-32(40-20(2)43-36(45)25-7-5-6-23-22-10-14-50-30(22)18-27(33(23)25)38(43)47)41-21(3)44-37(46)26-8-9-29(42-12-16-49-17-13-42)35-24-11-15-51-31(24)19-28(34(26)35)39(44)48/h5-11,14-15,18-21,32,40-41H,4,12-13,16-17H2,1-3H3. The molecule has 12 heteroatoms.